The summed E-state index contributed by atoms with van der Waals surface area (Å²) in [6, 6.07) is 4.34. The molecule has 0 aliphatic carbocycles. The van der Waals surface area contributed by atoms with E-state index in [1.165, 1.54) is 11.1 Å². The van der Waals surface area contributed by atoms with Crippen molar-refractivity contribution in [2.75, 3.05) is 25.5 Å². The van der Waals surface area contributed by atoms with Crippen molar-refractivity contribution < 1.29 is 9.47 Å². The number of nitrogen functional groups attached to an aromatic ring is 1. The second-order valence-corrected chi connectivity index (χ2v) is 7.16. The Morgan fingerprint density at radius 3 is 2.82 bits per heavy atom. The first kappa shape index (κ1) is 17.1. The number of benzene rings is 1. The number of aromatic amines is 1. The van der Waals surface area contributed by atoms with Crippen LogP contribution in [0.25, 0.3) is 11.2 Å². The minimum atomic E-state index is -0.274. The van der Waals surface area contributed by atoms with Gasteiger partial charge in [-0.15, -0.1) is 0 Å². The second kappa shape index (κ2) is 6.83. The third-order valence-electron chi connectivity index (χ3n) is 5.28. The van der Waals surface area contributed by atoms with E-state index in [9.17, 15) is 4.79 Å². The maximum absolute atomic E-state index is 12.7. The Balaban J connectivity index is 1.69. The maximum Gasteiger partial charge on any atom is 0.328 e. The number of rotatable bonds is 0. The van der Waals surface area contributed by atoms with Gasteiger partial charge in [-0.3, -0.25) is 4.57 Å². The average molecular weight is 382 g/mol. The van der Waals surface area contributed by atoms with Crippen molar-refractivity contribution >= 4 is 17.0 Å². The fraction of sp³-hybridized carbons (Fsp3) is 0.421. The SMILES string of the molecule is Nc1nc2nc3c1[nH]c(=O)n3Cc1cc(cc3c1CNCC3)OCCCCO2. The van der Waals surface area contributed by atoms with Crippen molar-refractivity contribution in [3.05, 3.63) is 39.3 Å². The van der Waals surface area contributed by atoms with E-state index in [0.717, 1.165) is 43.7 Å². The van der Waals surface area contributed by atoms with Gasteiger partial charge in [0.2, 0.25) is 0 Å². The van der Waals surface area contributed by atoms with E-state index >= 15 is 0 Å². The molecule has 2 aromatic heterocycles. The number of hydrogen-bond acceptors (Lipinski definition) is 7. The van der Waals surface area contributed by atoms with Crippen LogP contribution < -0.4 is 26.2 Å². The lowest BCUT2D eigenvalue weighted by molar-refractivity contribution is 0.255. The zero-order valence-corrected chi connectivity index (χ0v) is 15.5. The zero-order valence-electron chi connectivity index (χ0n) is 15.5. The number of hydrogen-bond donors (Lipinski definition) is 3. The lowest BCUT2D eigenvalue weighted by Gasteiger charge is -2.22. The van der Waals surface area contributed by atoms with Crippen LogP contribution in [0.2, 0.25) is 0 Å². The standard InChI is InChI=1S/C19H22N6O3/c20-16-15-17-24-18(23-16)28-6-2-1-5-27-13-7-11-3-4-21-9-14(11)12(8-13)10-25(17)19(26)22-15/h7-8,21H,1-6,9-10H2,(H,22,26)(H2,20,23,24). The lowest BCUT2D eigenvalue weighted by atomic mass is 9.95. The van der Waals surface area contributed by atoms with Crippen molar-refractivity contribution in [1.82, 2.24) is 24.8 Å². The first-order valence-corrected chi connectivity index (χ1v) is 9.56. The Kier molecular flexibility index (Phi) is 4.16. The Morgan fingerprint density at radius 2 is 1.93 bits per heavy atom. The molecule has 5 rings (SSSR count). The molecule has 9 nitrogen and oxygen atoms in total. The molecule has 0 radical (unpaired) electrons. The molecule has 0 spiro atoms. The number of fused-ring (bicyclic) bond motifs is 5. The Morgan fingerprint density at radius 1 is 1.11 bits per heavy atom. The summed E-state index contributed by atoms with van der Waals surface area (Å²) in [5, 5.41) is 3.41. The van der Waals surface area contributed by atoms with Crippen LogP contribution in [0, 0.1) is 0 Å². The molecule has 0 saturated carbocycles. The van der Waals surface area contributed by atoms with Gasteiger partial charge in [0.15, 0.2) is 11.5 Å². The Bertz CT molecular complexity index is 1100. The highest BCUT2D eigenvalue weighted by molar-refractivity contribution is 5.82. The van der Waals surface area contributed by atoms with Gasteiger partial charge in [-0.1, -0.05) is 0 Å². The normalized spacial score (nSPS) is 16.9. The van der Waals surface area contributed by atoms with E-state index in [4.69, 9.17) is 15.2 Å². The molecule has 1 aromatic carbocycles. The highest BCUT2D eigenvalue weighted by Crippen LogP contribution is 2.27. The third-order valence-corrected chi connectivity index (χ3v) is 5.28. The molecular weight excluding hydrogens is 360 g/mol. The van der Waals surface area contributed by atoms with Crippen molar-refractivity contribution in [2.24, 2.45) is 0 Å². The monoisotopic (exact) mass is 382 g/mol. The summed E-state index contributed by atoms with van der Waals surface area (Å²) in [5.74, 6) is 1.06. The van der Waals surface area contributed by atoms with Crippen molar-refractivity contribution in [3.8, 4) is 11.8 Å². The molecule has 4 bridgehead atoms. The van der Waals surface area contributed by atoms with Crippen LogP contribution in [0.4, 0.5) is 5.82 Å². The minimum absolute atomic E-state index is 0.188. The number of nitrogens with two attached hydrogens (primary N) is 1. The van der Waals surface area contributed by atoms with Gasteiger partial charge in [0, 0.05) is 6.54 Å². The number of nitrogens with zero attached hydrogens (tertiary/aromatic N) is 3. The fourth-order valence-electron chi connectivity index (χ4n) is 3.85. The molecule has 9 heteroatoms. The number of anilines is 1. The summed E-state index contributed by atoms with van der Waals surface area (Å²) in [6.07, 6.45) is 2.61. The predicted molar refractivity (Wildman–Crippen MR) is 104 cm³/mol. The summed E-state index contributed by atoms with van der Waals surface area (Å²) in [5.41, 5.74) is 10.2. The van der Waals surface area contributed by atoms with Gasteiger partial charge in [-0.05, 0) is 54.6 Å². The van der Waals surface area contributed by atoms with E-state index in [0.29, 0.717) is 30.9 Å². The van der Waals surface area contributed by atoms with Crippen LogP contribution in [0.3, 0.4) is 0 Å². The Hall–Kier alpha value is -3.07. The van der Waals surface area contributed by atoms with Gasteiger partial charge >= 0.3 is 11.7 Å². The smallest absolute Gasteiger partial charge is 0.328 e. The summed E-state index contributed by atoms with van der Waals surface area (Å²) in [6.45, 7) is 3.15. The minimum Gasteiger partial charge on any atom is -0.494 e. The lowest BCUT2D eigenvalue weighted by Crippen LogP contribution is -2.26. The molecule has 0 unspecified atom stereocenters. The van der Waals surface area contributed by atoms with Crippen molar-refractivity contribution in [3.63, 3.8) is 0 Å². The number of ether oxygens (including phenoxy) is 2. The van der Waals surface area contributed by atoms with Crippen LogP contribution >= 0.6 is 0 Å². The van der Waals surface area contributed by atoms with E-state index in [2.05, 4.69) is 26.3 Å². The summed E-state index contributed by atoms with van der Waals surface area (Å²) in [4.78, 5) is 24.0. The van der Waals surface area contributed by atoms with Gasteiger partial charge in [0.1, 0.15) is 11.3 Å². The van der Waals surface area contributed by atoms with E-state index in [-0.39, 0.29) is 17.5 Å². The topological polar surface area (TPSA) is 120 Å². The Labute approximate surface area is 160 Å². The average Bonchev–Trinajstić information content (AvgIpc) is 3.00. The molecule has 3 aromatic rings. The molecule has 4 heterocycles. The molecule has 0 fully saturated rings. The predicted octanol–water partition coefficient (Wildman–Crippen LogP) is 0.947. The molecular formula is C19H22N6O3. The zero-order chi connectivity index (χ0) is 19.1. The van der Waals surface area contributed by atoms with Gasteiger partial charge in [0.05, 0.1) is 19.8 Å². The van der Waals surface area contributed by atoms with Gasteiger partial charge in [-0.25, -0.2) is 4.79 Å². The van der Waals surface area contributed by atoms with E-state index < -0.39 is 0 Å². The summed E-state index contributed by atoms with van der Waals surface area (Å²) >= 11 is 0. The highest BCUT2D eigenvalue weighted by Gasteiger charge is 2.20. The molecule has 0 amide bonds. The first-order chi connectivity index (χ1) is 13.7. The van der Waals surface area contributed by atoms with Gasteiger partial charge in [-0.2, -0.15) is 9.97 Å². The molecule has 2 aliphatic rings. The maximum atomic E-state index is 12.7. The number of H-pyrrole nitrogens is 1. The van der Waals surface area contributed by atoms with Crippen molar-refractivity contribution in [2.45, 2.75) is 32.4 Å². The molecule has 146 valence electrons. The highest BCUT2D eigenvalue weighted by atomic mass is 16.5. The first-order valence-electron chi connectivity index (χ1n) is 9.56. The summed E-state index contributed by atoms with van der Waals surface area (Å²) in [7, 11) is 0. The van der Waals surface area contributed by atoms with Crippen LogP contribution in [0.15, 0.2) is 16.9 Å². The quantitative estimate of drug-likeness (QED) is 0.529. The molecule has 0 saturated heterocycles. The van der Waals surface area contributed by atoms with Gasteiger partial charge < -0.3 is 25.5 Å². The number of aromatic nitrogens is 4. The van der Waals surface area contributed by atoms with E-state index in [1.54, 1.807) is 4.57 Å². The largest absolute Gasteiger partial charge is 0.494 e. The fourth-order valence-corrected chi connectivity index (χ4v) is 3.85. The number of imidazole rings is 1. The third kappa shape index (κ3) is 2.97. The molecule has 4 N–H and O–H groups in total. The van der Waals surface area contributed by atoms with E-state index in [1.807, 2.05) is 6.07 Å². The summed E-state index contributed by atoms with van der Waals surface area (Å²) < 4.78 is 13.2. The van der Waals surface area contributed by atoms with Crippen LogP contribution in [0.5, 0.6) is 11.8 Å². The van der Waals surface area contributed by atoms with Gasteiger partial charge in [0.25, 0.3) is 0 Å². The van der Waals surface area contributed by atoms with Crippen LogP contribution in [-0.2, 0) is 19.5 Å². The van der Waals surface area contributed by atoms with Crippen LogP contribution in [-0.4, -0.2) is 39.3 Å². The molecule has 2 aliphatic heterocycles. The van der Waals surface area contributed by atoms with Crippen LogP contribution in [0.1, 0.15) is 29.5 Å². The van der Waals surface area contributed by atoms with Crippen molar-refractivity contribution in [1.29, 1.82) is 0 Å². The molecule has 28 heavy (non-hydrogen) atoms. The molecule has 0 atom stereocenters. The second-order valence-electron chi connectivity index (χ2n) is 7.16. The number of nitrogens with one attached hydrogen (secondary N) is 2.